The first-order valence-electron chi connectivity index (χ1n) is 5.16. The van der Waals surface area contributed by atoms with E-state index in [-0.39, 0.29) is 6.61 Å². The van der Waals surface area contributed by atoms with Crippen LogP contribution in [0.2, 0.25) is 0 Å². The predicted molar refractivity (Wildman–Crippen MR) is 57.1 cm³/mol. The zero-order chi connectivity index (χ0) is 14.6. The Morgan fingerprint density at radius 2 is 2.00 bits per heavy atom. The molecule has 0 spiro atoms. The Morgan fingerprint density at radius 1 is 1.37 bits per heavy atom. The molecule has 0 N–H and O–H groups in total. The normalized spacial score (nSPS) is 12.4. The average molecular weight is 280 g/mol. The summed E-state index contributed by atoms with van der Waals surface area (Å²) in [7, 11) is 0. The van der Waals surface area contributed by atoms with Crippen molar-refractivity contribution in [3.63, 3.8) is 0 Å². The maximum atomic E-state index is 13.2. The van der Waals surface area contributed by atoms with Gasteiger partial charge in [0.2, 0.25) is 5.83 Å². The molecule has 0 aliphatic rings. The van der Waals surface area contributed by atoms with Gasteiger partial charge in [0.25, 0.3) is 0 Å². The third kappa shape index (κ3) is 4.04. The Kier molecular flexibility index (Phi) is 4.63. The number of carbonyl (C=O) groups excluding carboxylic acids is 1. The summed E-state index contributed by atoms with van der Waals surface area (Å²) in [4.78, 5) is 10.9. The molecule has 0 unspecified atom stereocenters. The van der Waals surface area contributed by atoms with E-state index >= 15 is 0 Å². The van der Waals surface area contributed by atoms with E-state index in [4.69, 9.17) is 0 Å². The van der Waals surface area contributed by atoms with Crippen LogP contribution in [-0.4, -0.2) is 12.6 Å². The van der Waals surface area contributed by atoms with Crippen molar-refractivity contribution in [3.05, 3.63) is 41.0 Å². The summed E-state index contributed by atoms with van der Waals surface area (Å²) >= 11 is 0. The maximum absolute atomic E-state index is 13.2. The molecule has 0 aliphatic carbocycles. The van der Waals surface area contributed by atoms with Gasteiger partial charge in [-0.15, -0.1) is 0 Å². The molecule has 104 valence electrons. The smallest absolute Gasteiger partial charge is 0.416 e. The third-order valence-corrected chi connectivity index (χ3v) is 2.08. The number of hydrogen-bond donors (Lipinski definition) is 0. The molecule has 2 nitrogen and oxygen atoms in total. The lowest BCUT2D eigenvalue weighted by atomic mass is 10.1. The molecule has 1 rings (SSSR count). The number of alkyl halides is 3. The van der Waals surface area contributed by atoms with Gasteiger partial charge in [-0.3, -0.25) is 0 Å². The molecular formula is C12H9F5O2. The van der Waals surface area contributed by atoms with Crippen molar-refractivity contribution < 1.29 is 31.5 Å². The van der Waals surface area contributed by atoms with Crippen molar-refractivity contribution in [2.45, 2.75) is 13.1 Å². The van der Waals surface area contributed by atoms with E-state index in [9.17, 15) is 26.7 Å². The Morgan fingerprint density at radius 3 is 2.53 bits per heavy atom. The topological polar surface area (TPSA) is 26.3 Å². The number of hydrogen-bond acceptors (Lipinski definition) is 2. The fourth-order valence-electron chi connectivity index (χ4n) is 1.23. The second-order valence-corrected chi connectivity index (χ2v) is 3.45. The van der Waals surface area contributed by atoms with Crippen LogP contribution in [0.15, 0.2) is 24.0 Å². The largest absolute Gasteiger partial charge is 0.461 e. The highest BCUT2D eigenvalue weighted by atomic mass is 19.4. The lowest BCUT2D eigenvalue weighted by Gasteiger charge is -2.07. The van der Waals surface area contributed by atoms with Gasteiger partial charge in [0.15, 0.2) is 0 Å². The number of halogens is 5. The van der Waals surface area contributed by atoms with Crippen LogP contribution in [0.5, 0.6) is 0 Å². The van der Waals surface area contributed by atoms with Crippen LogP contribution in [0.1, 0.15) is 18.1 Å². The van der Waals surface area contributed by atoms with Crippen LogP contribution >= 0.6 is 0 Å². The number of carbonyl (C=O) groups is 1. The molecule has 0 atom stereocenters. The summed E-state index contributed by atoms with van der Waals surface area (Å²) in [6, 6.07) is 1.48. The van der Waals surface area contributed by atoms with Crippen LogP contribution in [0.25, 0.3) is 6.08 Å². The SMILES string of the molecule is CCOC(=O)/C(F)=C/c1cc(C(F)(F)F)ccc1F. The number of esters is 1. The monoisotopic (exact) mass is 280 g/mol. The van der Waals surface area contributed by atoms with Gasteiger partial charge in [-0.25, -0.2) is 9.18 Å². The van der Waals surface area contributed by atoms with Crippen LogP contribution in [0.4, 0.5) is 22.0 Å². The molecule has 7 heteroatoms. The minimum absolute atomic E-state index is 0.106. The van der Waals surface area contributed by atoms with Crippen molar-refractivity contribution in [2.24, 2.45) is 0 Å². The molecule has 19 heavy (non-hydrogen) atoms. The van der Waals surface area contributed by atoms with Gasteiger partial charge in [-0.2, -0.15) is 17.6 Å². The molecule has 1 aromatic rings. The number of benzene rings is 1. The Labute approximate surface area is 105 Å². The molecule has 0 saturated heterocycles. The van der Waals surface area contributed by atoms with Gasteiger partial charge in [-0.1, -0.05) is 0 Å². The summed E-state index contributed by atoms with van der Waals surface area (Å²) in [6.07, 6.45) is -4.32. The lowest BCUT2D eigenvalue weighted by molar-refractivity contribution is -0.140. The van der Waals surface area contributed by atoms with E-state index < -0.39 is 34.9 Å². The second kappa shape index (κ2) is 5.81. The highest BCUT2D eigenvalue weighted by Gasteiger charge is 2.31. The zero-order valence-electron chi connectivity index (χ0n) is 9.72. The quantitative estimate of drug-likeness (QED) is 0.479. The molecule has 1 aromatic carbocycles. The first-order chi connectivity index (χ1) is 8.75. The van der Waals surface area contributed by atoms with Crippen molar-refractivity contribution in [1.29, 1.82) is 0 Å². The molecule has 0 bridgehead atoms. The van der Waals surface area contributed by atoms with Crippen LogP contribution in [0, 0.1) is 5.82 Å². The number of rotatable bonds is 3. The average Bonchev–Trinajstić information content (AvgIpc) is 2.30. The standard InChI is InChI=1S/C12H9F5O2/c1-2-19-11(18)10(14)6-7-5-8(12(15,16)17)3-4-9(7)13/h3-6H,2H2,1H3/b10-6-. The minimum Gasteiger partial charge on any atom is -0.461 e. The molecule has 0 fully saturated rings. The summed E-state index contributed by atoms with van der Waals surface area (Å²) < 4.78 is 67.9. The van der Waals surface area contributed by atoms with E-state index in [0.29, 0.717) is 24.3 Å². The third-order valence-electron chi connectivity index (χ3n) is 2.08. The number of ether oxygens (including phenoxy) is 1. The van der Waals surface area contributed by atoms with Crippen LogP contribution in [0.3, 0.4) is 0 Å². The Bertz CT molecular complexity index is 505. The maximum Gasteiger partial charge on any atom is 0.416 e. The van der Waals surface area contributed by atoms with E-state index in [1.54, 1.807) is 0 Å². The van der Waals surface area contributed by atoms with Gasteiger partial charge in [0.1, 0.15) is 5.82 Å². The molecule has 0 aliphatic heterocycles. The Hall–Kier alpha value is -1.92. The predicted octanol–water partition coefficient (Wildman–Crippen LogP) is 3.72. The zero-order valence-corrected chi connectivity index (χ0v) is 9.72. The molecule has 0 amide bonds. The van der Waals surface area contributed by atoms with E-state index in [1.807, 2.05) is 0 Å². The highest BCUT2D eigenvalue weighted by molar-refractivity contribution is 5.91. The van der Waals surface area contributed by atoms with Crippen molar-refractivity contribution in [3.8, 4) is 0 Å². The molecule has 0 radical (unpaired) electrons. The van der Waals surface area contributed by atoms with Crippen molar-refractivity contribution in [2.75, 3.05) is 6.61 Å². The van der Waals surface area contributed by atoms with Crippen molar-refractivity contribution >= 4 is 12.0 Å². The van der Waals surface area contributed by atoms with E-state index in [2.05, 4.69) is 4.74 Å². The van der Waals surface area contributed by atoms with Crippen molar-refractivity contribution in [1.82, 2.24) is 0 Å². The summed E-state index contributed by atoms with van der Waals surface area (Å²) in [6.45, 7) is 1.32. The first-order valence-corrected chi connectivity index (χ1v) is 5.16. The Balaban J connectivity index is 3.13. The summed E-state index contributed by atoms with van der Waals surface area (Å²) in [5.74, 6) is -3.91. The summed E-state index contributed by atoms with van der Waals surface area (Å²) in [5, 5.41) is 0. The van der Waals surface area contributed by atoms with Gasteiger partial charge < -0.3 is 4.74 Å². The van der Waals surface area contributed by atoms with E-state index in [0.717, 1.165) is 0 Å². The molecule has 0 heterocycles. The van der Waals surface area contributed by atoms with Crippen LogP contribution in [-0.2, 0) is 15.7 Å². The fourth-order valence-corrected chi connectivity index (χ4v) is 1.23. The minimum atomic E-state index is -4.68. The van der Waals surface area contributed by atoms with Gasteiger partial charge >= 0.3 is 12.1 Å². The van der Waals surface area contributed by atoms with E-state index in [1.165, 1.54) is 6.92 Å². The van der Waals surface area contributed by atoms with Gasteiger partial charge in [0.05, 0.1) is 12.2 Å². The molecular weight excluding hydrogens is 271 g/mol. The fraction of sp³-hybridized carbons (Fsp3) is 0.250. The highest BCUT2D eigenvalue weighted by Crippen LogP contribution is 2.30. The van der Waals surface area contributed by atoms with Crippen LogP contribution < -0.4 is 0 Å². The van der Waals surface area contributed by atoms with Gasteiger partial charge in [-0.05, 0) is 31.2 Å². The lowest BCUT2D eigenvalue weighted by Crippen LogP contribution is -2.06. The first kappa shape index (κ1) is 15.1. The second-order valence-electron chi connectivity index (χ2n) is 3.45. The molecule has 0 saturated carbocycles. The summed E-state index contributed by atoms with van der Waals surface area (Å²) in [5.41, 5.74) is -1.82. The molecule has 0 aromatic heterocycles. The van der Waals surface area contributed by atoms with Gasteiger partial charge in [0, 0.05) is 5.56 Å².